The van der Waals surface area contributed by atoms with Crippen LogP contribution in [0.3, 0.4) is 0 Å². The third kappa shape index (κ3) is 3.46. The van der Waals surface area contributed by atoms with Gasteiger partial charge >= 0.3 is 0 Å². The van der Waals surface area contributed by atoms with Crippen LogP contribution < -0.4 is 10.6 Å². The highest BCUT2D eigenvalue weighted by molar-refractivity contribution is 6.01. The lowest BCUT2D eigenvalue weighted by Gasteiger charge is -2.20. The SMILES string of the molecule is CNC(=O)c1nccc(C(=O)N[C@H]2C[C@@H]2C)c1C(O)c1ccccc1C. The third-order valence-corrected chi connectivity index (χ3v) is 4.86. The van der Waals surface area contributed by atoms with E-state index in [4.69, 9.17) is 0 Å². The molecule has 136 valence electrons. The van der Waals surface area contributed by atoms with E-state index in [1.54, 1.807) is 12.1 Å². The van der Waals surface area contributed by atoms with Crippen LogP contribution in [0.15, 0.2) is 36.5 Å². The summed E-state index contributed by atoms with van der Waals surface area (Å²) in [5.74, 6) is -0.291. The highest BCUT2D eigenvalue weighted by atomic mass is 16.3. The monoisotopic (exact) mass is 353 g/mol. The van der Waals surface area contributed by atoms with Gasteiger partial charge in [0.15, 0.2) is 0 Å². The molecule has 0 aliphatic heterocycles. The van der Waals surface area contributed by atoms with E-state index in [-0.39, 0.29) is 28.8 Å². The summed E-state index contributed by atoms with van der Waals surface area (Å²) in [6.45, 7) is 3.94. The number of hydrogen-bond acceptors (Lipinski definition) is 4. The first-order valence-corrected chi connectivity index (χ1v) is 8.69. The molecule has 3 N–H and O–H groups in total. The van der Waals surface area contributed by atoms with Crippen LogP contribution in [-0.2, 0) is 0 Å². The second-order valence-electron chi connectivity index (χ2n) is 6.75. The van der Waals surface area contributed by atoms with Crippen molar-refractivity contribution in [2.45, 2.75) is 32.4 Å². The molecule has 2 aromatic rings. The maximum atomic E-state index is 12.8. The molecule has 0 spiro atoms. The predicted octanol–water partition coefficient (Wildman–Crippen LogP) is 1.97. The smallest absolute Gasteiger partial charge is 0.270 e. The fourth-order valence-corrected chi connectivity index (χ4v) is 3.07. The van der Waals surface area contributed by atoms with Crippen LogP contribution >= 0.6 is 0 Å². The molecule has 6 heteroatoms. The van der Waals surface area contributed by atoms with E-state index < -0.39 is 12.0 Å². The Morgan fingerprint density at radius 3 is 2.54 bits per heavy atom. The van der Waals surface area contributed by atoms with Crippen LogP contribution in [0.4, 0.5) is 0 Å². The van der Waals surface area contributed by atoms with Gasteiger partial charge in [0.05, 0.1) is 0 Å². The molecular formula is C20H23N3O3. The van der Waals surface area contributed by atoms with Gasteiger partial charge in [-0.3, -0.25) is 14.6 Å². The summed E-state index contributed by atoms with van der Waals surface area (Å²) >= 11 is 0. The fourth-order valence-electron chi connectivity index (χ4n) is 3.07. The lowest BCUT2D eigenvalue weighted by molar-refractivity contribution is 0.0941. The van der Waals surface area contributed by atoms with Gasteiger partial charge in [0.2, 0.25) is 0 Å². The summed E-state index contributed by atoms with van der Waals surface area (Å²) in [6, 6.07) is 9.03. The van der Waals surface area contributed by atoms with Crippen LogP contribution in [0, 0.1) is 12.8 Å². The molecule has 1 fully saturated rings. The Morgan fingerprint density at radius 1 is 1.23 bits per heavy atom. The minimum atomic E-state index is -1.13. The van der Waals surface area contributed by atoms with E-state index >= 15 is 0 Å². The van der Waals surface area contributed by atoms with Crippen molar-refractivity contribution < 1.29 is 14.7 Å². The first-order valence-electron chi connectivity index (χ1n) is 8.69. The number of hydrogen-bond donors (Lipinski definition) is 3. The average molecular weight is 353 g/mol. The number of rotatable bonds is 5. The van der Waals surface area contributed by atoms with E-state index in [1.807, 2.05) is 25.1 Å². The van der Waals surface area contributed by atoms with Crippen molar-refractivity contribution >= 4 is 11.8 Å². The lowest BCUT2D eigenvalue weighted by Crippen LogP contribution is -2.30. The topological polar surface area (TPSA) is 91.3 Å². The van der Waals surface area contributed by atoms with Gasteiger partial charge in [0, 0.05) is 30.4 Å². The van der Waals surface area contributed by atoms with Gasteiger partial charge in [-0.15, -0.1) is 0 Å². The van der Waals surface area contributed by atoms with Crippen molar-refractivity contribution in [3.8, 4) is 0 Å². The molecule has 1 aromatic carbocycles. The van der Waals surface area contributed by atoms with E-state index in [2.05, 4.69) is 22.5 Å². The number of aryl methyl sites for hydroxylation is 1. The van der Waals surface area contributed by atoms with Gasteiger partial charge in [-0.25, -0.2) is 0 Å². The molecule has 26 heavy (non-hydrogen) atoms. The molecule has 1 aromatic heterocycles. The van der Waals surface area contributed by atoms with Gasteiger partial charge in [-0.2, -0.15) is 0 Å². The normalized spacial score (nSPS) is 19.5. The Balaban J connectivity index is 2.08. The van der Waals surface area contributed by atoms with Crippen molar-refractivity contribution in [2.24, 2.45) is 5.92 Å². The molecule has 3 atom stereocenters. The zero-order chi connectivity index (χ0) is 18.8. The highest BCUT2D eigenvalue weighted by Gasteiger charge is 2.35. The summed E-state index contributed by atoms with van der Waals surface area (Å²) in [6.07, 6.45) is 1.23. The number of nitrogens with zero attached hydrogens (tertiary/aromatic N) is 1. The number of aliphatic hydroxyl groups is 1. The number of aromatic nitrogens is 1. The number of nitrogens with one attached hydrogen (secondary N) is 2. The van der Waals surface area contributed by atoms with Crippen LogP contribution in [0.5, 0.6) is 0 Å². The first kappa shape index (κ1) is 18.1. The van der Waals surface area contributed by atoms with Gasteiger partial charge in [0.1, 0.15) is 11.8 Å². The van der Waals surface area contributed by atoms with Gasteiger partial charge in [0.25, 0.3) is 11.8 Å². The number of carbonyl (C=O) groups excluding carboxylic acids is 2. The quantitative estimate of drug-likeness (QED) is 0.766. The lowest BCUT2D eigenvalue weighted by atomic mass is 9.92. The van der Waals surface area contributed by atoms with Crippen LogP contribution in [0.25, 0.3) is 0 Å². The Kier molecular flexibility index (Phi) is 5.04. The summed E-state index contributed by atoms with van der Waals surface area (Å²) in [5.41, 5.74) is 2.06. The summed E-state index contributed by atoms with van der Waals surface area (Å²) < 4.78 is 0. The van der Waals surface area contributed by atoms with Gasteiger partial charge in [-0.05, 0) is 36.5 Å². The van der Waals surface area contributed by atoms with Crippen LogP contribution in [0.1, 0.15) is 57.0 Å². The van der Waals surface area contributed by atoms with Gasteiger partial charge < -0.3 is 15.7 Å². The van der Waals surface area contributed by atoms with E-state index in [0.717, 1.165) is 12.0 Å². The number of aliphatic hydroxyl groups excluding tert-OH is 1. The van der Waals surface area contributed by atoms with Crippen LogP contribution in [-0.4, -0.2) is 35.0 Å². The average Bonchev–Trinajstić information content (AvgIpc) is 3.34. The molecule has 0 radical (unpaired) electrons. The molecule has 1 saturated carbocycles. The van der Waals surface area contributed by atoms with Crippen molar-refractivity contribution in [1.82, 2.24) is 15.6 Å². The number of benzene rings is 1. The molecule has 3 rings (SSSR count). The maximum Gasteiger partial charge on any atom is 0.270 e. The fraction of sp³-hybridized carbons (Fsp3) is 0.350. The molecular weight excluding hydrogens is 330 g/mol. The van der Waals surface area contributed by atoms with Crippen molar-refractivity contribution in [3.63, 3.8) is 0 Å². The van der Waals surface area contributed by atoms with E-state index in [0.29, 0.717) is 11.5 Å². The molecule has 1 aliphatic carbocycles. The molecule has 0 saturated heterocycles. The second kappa shape index (κ2) is 7.25. The van der Waals surface area contributed by atoms with E-state index in [1.165, 1.54) is 13.2 Å². The number of carbonyl (C=O) groups is 2. The van der Waals surface area contributed by atoms with Crippen molar-refractivity contribution in [3.05, 3.63) is 64.5 Å². The zero-order valence-corrected chi connectivity index (χ0v) is 15.1. The molecule has 1 unspecified atom stereocenters. The predicted molar refractivity (Wildman–Crippen MR) is 97.9 cm³/mol. The largest absolute Gasteiger partial charge is 0.384 e. The van der Waals surface area contributed by atoms with Crippen molar-refractivity contribution in [2.75, 3.05) is 7.05 Å². The third-order valence-electron chi connectivity index (χ3n) is 4.86. The minimum absolute atomic E-state index is 0.0553. The summed E-state index contributed by atoms with van der Waals surface area (Å²) in [4.78, 5) is 29.2. The Hall–Kier alpha value is -2.73. The Labute approximate surface area is 152 Å². The number of amides is 2. The minimum Gasteiger partial charge on any atom is -0.384 e. The van der Waals surface area contributed by atoms with Crippen LogP contribution in [0.2, 0.25) is 0 Å². The molecule has 6 nitrogen and oxygen atoms in total. The Morgan fingerprint density at radius 2 is 1.92 bits per heavy atom. The molecule has 1 heterocycles. The second-order valence-corrected chi connectivity index (χ2v) is 6.75. The Bertz CT molecular complexity index is 850. The molecule has 1 aliphatic rings. The van der Waals surface area contributed by atoms with Gasteiger partial charge in [-0.1, -0.05) is 31.2 Å². The standard InChI is InChI=1S/C20H23N3O3/c1-11-6-4-5-7-13(11)18(24)16-14(19(25)23-15-10-12(15)2)8-9-22-17(16)20(26)21-3/h4-9,12,15,18,24H,10H2,1-3H3,(H,21,26)(H,23,25)/t12-,15-,18?/m0/s1. The highest BCUT2D eigenvalue weighted by Crippen LogP contribution is 2.32. The summed E-state index contributed by atoms with van der Waals surface area (Å²) in [7, 11) is 1.49. The molecule has 0 bridgehead atoms. The van der Waals surface area contributed by atoms with Crippen molar-refractivity contribution in [1.29, 1.82) is 0 Å². The maximum absolute atomic E-state index is 12.8. The van der Waals surface area contributed by atoms with E-state index in [9.17, 15) is 14.7 Å². The zero-order valence-electron chi connectivity index (χ0n) is 15.1. The number of pyridine rings is 1. The summed E-state index contributed by atoms with van der Waals surface area (Å²) in [5, 5.41) is 16.5. The molecule has 2 amide bonds. The first-order chi connectivity index (χ1) is 12.4.